The summed E-state index contributed by atoms with van der Waals surface area (Å²) in [6, 6.07) is 25.6. The summed E-state index contributed by atoms with van der Waals surface area (Å²) in [7, 11) is 0. The van der Waals surface area contributed by atoms with Gasteiger partial charge in [-0.15, -0.1) is 0 Å². The first kappa shape index (κ1) is 25.0. The van der Waals surface area contributed by atoms with Gasteiger partial charge in [0.25, 0.3) is 11.8 Å². The van der Waals surface area contributed by atoms with Gasteiger partial charge in [0.15, 0.2) is 0 Å². The molecule has 3 aromatic rings. The Balaban J connectivity index is 1.43. The number of benzene rings is 3. The number of amides is 2. The SMILES string of the molecule is CCC(C)C(=O)OCCOc1ccc(CC2C(=O)N(c3ccccc3)N(c3ccccc3)C2=O)cc1. The van der Waals surface area contributed by atoms with Crippen LogP contribution in [0.2, 0.25) is 0 Å². The first-order valence-corrected chi connectivity index (χ1v) is 12.2. The zero-order valence-electron chi connectivity index (χ0n) is 20.5. The molecule has 0 spiro atoms. The number of ether oxygens (including phenoxy) is 2. The zero-order valence-corrected chi connectivity index (χ0v) is 20.5. The van der Waals surface area contributed by atoms with Crippen molar-refractivity contribution in [2.24, 2.45) is 11.8 Å². The maximum absolute atomic E-state index is 13.5. The van der Waals surface area contributed by atoms with Crippen LogP contribution in [0.5, 0.6) is 5.75 Å². The highest BCUT2D eigenvalue weighted by Gasteiger charge is 2.46. The molecule has 0 N–H and O–H groups in total. The number of carbonyl (C=O) groups is 3. The van der Waals surface area contributed by atoms with E-state index in [-0.39, 0.29) is 43.3 Å². The summed E-state index contributed by atoms with van der Waals surface area (Å²) in [5.41, 5.74) is 2.13. The number of rotatable bonds is 10. The van der Waals surface area contributed by atoms with Crippen LogP contribution in [0.4, 0.5) is 11.4 Å². The van der Waals surface area contributed by atoms with Gasteiger partial charge in [0, 0.05) is 0 Å². The molecule has 1 heterocycles. The third-order valence-corrected chi connectivity index (χ3v) is 6.19. The molecule has 4 rings (SSSR count). The molecule has 1 aliphatic rings. The highest BCUT2D eigenvalue weighted by Crippen LogP contribution is 2.33. The summed E-state index contributed by atoms with van der Waals surface area (Å²) in [5, 5.41) is 2.92. The average molecular weight is 487 g/mol. The Labute approximate surface area is 211 Å². The fourth-order valence-electron chi connectivity index (χ4n) is 3.96. The van der Waals surface area contributed by atoms with E-state index in [4.69, 9.17) is 9.47 Å². The first-order valence-electron chi connectivity index (χ1n) is 12.2. The van der Waals surface area contributed by atoms with E-state index in [1.165, 1.54) is 10.0 Å². The molecular weight excluding hydrogens is 456 g/mol. The average Bonchev–Trinajstić information content (AvgIpc) is 3.17. The van der Waals surface area contributed by atoms with E-state index in [0.29, 0.717) is 17.1 Å². The van der Waals surface area contributed by atoms with Gasteiger partial charge in [-0.05, 0) is 54.8 Å². The molecular formula is C29H30N2O5. The summed E-state index contributed by atoms with van der Waals surface area (Å²) < 4.78 is 10.9. The number of hydrazine groups is 1. The first-order chi connectivity index (χ1) is 17.5. The molecule has 0 aromatic heterocycles. The van der Waals surface area contributed by atoms with Gasteiger partial charge in [0.2, 0.25) is 0 Å². The predicted molar refractivity (Wildman–Crippen MR) is 137 cm³/mol. The minimum atomic E-state index is -0.836. The molecule has 0 radical (unpaired) electrons. The van der Waals surface area contributed by atoms with Gasteiger partial charge in [-0.1, -0.05) is 62.4 Å². The van der Waals surface area contributed by atoms with Crippen molar-refractivity contribution in [2.45, 2.75) is 26.7 Å². The van der Waals surface area contributed by atoms with Gasteiger partial charge in [-0.25, -0.2) is 10.0 Å². The molecule has 0 bridgehead atoms. The molecule has 1 unspecified atom stereocenters. The number of hydrogen-bond donors (Lipinski definition) is 0. The van der Waals surface area contributed by atoms with Crippen molar-refractivity contribution in [3.8, 4) is 5.75 Å². The molecule has 1 aliphatic heterocycles. The number of para-hydroxylation sites is 2. The maximum Gasteiger partial charge on any atom is 0.308 e. The summed E-state index contributed by atoms with van der Waals surface area (Å²) in [5.74, 6) is -1.09. The van der Waals surface area contributed by atoms with Gasteiger partial charge in [0.05, 0.1) is 17.3 Å². The quantitative estimate of drug-likeness (QED) is 0.234. The lowest BCUT2D eigenvalue weighted by Gasteiger charge is -2.27. The van der Waals surface area contributed by atoms with Crippen LogP contribution in [-0.2, 0) is 25.5 Å². The Bertz CT molecular complexity index is 1120. The molecule has 3 aromatic carbocycles. The highest BCUT2D eigenvalue weighted by atomic mass is 16.6. The normalized spacial score (nSPS) is 14.7. The van der Waals surface area contributed by atoms with E-state index in [2.05, 4.69) is 0 Å². The smallest absolute Gasteiger partial charge is 0.308 e. The topological polar surface area (TPSA) is 76.2 Å². The van der Waals surface area contributed by atoms with E-state index in [0.717, 1.165) is 12.0 Å². The van der Waals surface area contributed by atoms with Gasteiger partial charge in [-0.2, -0.15) is 0 Å². The standard InChI is InChI=1S/C29H30N2O5/c1-3-21(2)29(34)36-19-18-35-25-16-14-22(15-17-25)20-26-27(32)30(23-10-6-4-7-11-23)31(28(26)33)24-12-8-5-9-13-24/h4-17,21,26H,3,18-20H2,1-2H3. The lowest BCUT2D eigenvalue weighted by molar-refractivity contribution is -0.148. The largest absolute Gasteiger partial charge is 0.490 e. The number of hydrogen-bond acceptors (Lipinski definition) is 5. The minimum absolute atomic E-state index is 0.124. The molecule has 7 nitrogen and oxygen atoms in total. The van der Waals surface area contributed by atoms with Crippen LogP contribution >= 0.6 is 0 Å². The van der Waals surface area contributed by atoms with Gasteiger partial charge in [-0.3, -0.25) is 14.4 Å². The van der Waals surface area contributed by atoms with Gasteiger partial charge in [0.1, 0.15) is 24.9 Å². The van der Waals surface area contributed by atoms with E-state index >= 15 is 0 Å². The minimum Gasteiger partial charge on any atom is -0.490 e. The molecule has 1 atom stereocenters. The summed E-state index contributed by atoms with van der Waals surface area (Å²) in [6.45, 7) is 4.20. The molecule has 1 saturated heterocycles. The molecule has 0 saturated carbocycles. The fourth-order valence-corrected chi connectivity index (χ4v) is 3.96. The van der Waals surface area contributed by atoms with E-state index in [1.807, 2.05) is 86.6 Å². The van der Waals surface area contributed by atoms with Crippen LogP contribution in [0, 0.1) is 11.8 Å². The van der Waals surface area contributed by atoms with E-state index in [9.17, 15) is 14.4 Å². The number of carbonyl (C=O) groups excluding carboxylic acids is 3. The molecule has 0 aliphatic carbocycles. The van der Waals surface area contributed by atoms with Gasteiger partial charge < -0.3 is 9.47 Å². The monoisotopic (exact) mass is 486 g/mol. The Hall–Kier alpha value is -4.13. The Kier molecular flexibility index (Phi) is 8.00. The molecule has 2 amide bonds. The number of esters is 1. The predicted octanol–water partition coefficient (Wildman–Crippen LogP) is 4.81. The van der Waals surface area contributed by atoms with Crippen LogP contribution in [-0.4, -0.2) is 31.0 Å². The second-order valence-electron chi connectivity index (χ2n) is 8.70. The maximum atomic E-state index is 13.5. The highest BCUT2D eigenvalue weighted by molar-refractivity contribution is 6.23. The van der Waals surface area contributed by atoms with E-state index in [1.54, 1.807) is 12.1 Å². The fraction of sp³-hybridized carbons (Fsp3) is 0.276. The van der Waals surface area contributed by atoms with E-state index < -0.39 is 5.92 Å². The zero-order chi connectivity index (χ0) is 25.5. The van der Waals surface area contributed by atoms with Crippen LogP contribution < -0.4 is 14.8 Å². The summed E-state index contributed by atoms with van der Waals surface area (Å²) >= 11 is 0. The lowest BCUT2D eigenvalue weighted by Crippen LogP contribution is -2.41. The number of anilines is 2. The van der Waals surface area contributed by atoms with Crippen molar-refractivity contribution < 1.29 is 23.9 Å². The number of nitrogens with zero attached hydrogens (tertiary/aromatic N) is 2. The lowest BCUT2D eigenvalue weighted by atomic mass is 9.98. The second-order valence-corrected chi connectivity index (χ2v) is 8.70. The van der Waals surface area contributed by atoms with Crippen LogP contribution in [0.25, 0.3) is 0 Å². The molecule has 1 fully saturated rings. The second kappa shape index (κ2) is 11.5. The van der Waals surface area contributed by atoms with Crippen molar-refractivity contribution in [2.75, 3.05) is 23.2 Å². The Morgan fingerprint density at radius 3 is 1.83 bits per heavy atom. The Morgan fingerprint density at radius 1 is 0.806 bits per heavy atom. The van der Waals surface area contributed by atoms with Crippen molar-refractivity contribution in [3.63, 3.8) is 0 Å². The summed E-state index contributed by atoms with van der Waals surface area (Å²) in [6.07, 6.45) is 1.01. The third-order valence-electron chi connectivity index (χ3n) is 6.19. The van der Waals surface area contributed by atoms with Crippen molar-refractivity contribution in [1.82, 2.24) is 0 Å². The molecule has 36 heavy (non-hydrogen) atoms. The van der Waals surface area contributed by atoms with Crippen molar-refractivity contribution >= 4 is 29.2 Å². The van der Waals surface area contributed by atoms with Crippen LogP contribution in [0.15, 0.2) is 84.9 Å². The summed E-state index contributed by atoms with van der Waals surface area (Å²) in [4.78, 5) is 38.7. The molecule has 7 heteroatoms. The van der Waals surface area contributed by atoms with Crippen LogP contribution in [0.3, 0.4) is 0 Å². The Morgan fingerprint density at radius 2 is 1.33 bits per heavy atom. The van der Waals surface area contributed by atoms with Crippen molar-refractivity contribution in [3.05, 3.63) is 90.5 Å². The molecule has 186 valence electrons. The van der Waals surface area contributed by atoms with Crippen LogP contribution in [0.1, 0.15) is 25.8 Å². The van der Waals surface area contributed by atoms with Crippen molar-refractivity contribution in [1.29, 1.82) is 0 Å². The van der Waals surface area contributed by atoms with Gasteiger partial charge >= 0.3 is 5.97 Å². The third kappa shape index (κ3) is 5.57.